The Labute approximate surface area is 143 Å². The quantitative estimate of drug-likeness (QED) is 0.497. The fraction of sp³-hybridized carbons (Fsp3) is 0.800. The van der Waals surface area contributed by atoms with E-state index in [4.69, 9.17) is 9.47 Å². The first kappa shape index (κ1) is 21.7. The van der Waals surface area contributed by atoms with Gasteiger partial charge in [0.1, 0.15) is 0 Å². The molecular weight excluding hydrogens is 324 g/mol. The molecule has 134 valence electrons. The third kappa shape index (κ3) is 8.18. The molecule has 0 saturated carbocycles. The van der Waals surface area contributed by atoms with E-state index in [1.54, 1.807) is 13.8 Å². The number of carbonyl (C=O) groups excluding carboxylic acids is 3. The highest BCUT2D eigenvalue weighted by molar-refractivity contribution is 6.02. The molecule has 1 fully saturated rings. The zero-order valence-electron chi connectivity index (χ0n) is 13.8. The molecular formula is C15H27ClN2O5. The molecule has 0 aromatic heterocycles. The summed E-state index contributed by atoms with van der Waals surface area (Å²) in [4.78, 5) is 35.5. The van der Waals surface area contributed by atoms with Gasteiger partial charge in [-0.3, -0.25) is 4.79 Å². The minimum atomic E-state index is -1.37. The van der Waals surface area contributed by atoms with Crippen molar-refractivity contribution in [2.24, 2.45) is 5.92 Å². The molecule has 0 aliphatic carbocycles. The molecule has 1 aliphatic rings. The Morgan fingerprint density at radius 3 is 2.09 bits per heavy atom. The summed E-state index contributed by atoms with van der Waals surface area (Å²) >= 11 is 0. The van der Waals surface area contributed by atoms with E-state index in [1.165, 1.54) is 0 Å². The molecule has 0 atom stereocenters. The van der Waals surface area contributed by atoms with Gasteiger partial charge in [0.15, 0.2) is 0 Å². The van der Waals surface area contributed by atoms with Crippen LogP contribution < -0.4 is 10.6 Å². The number of rotatable bonds is 8. The van der Waals surface area contributed by atoms with Crippen molar-refractivity contribution >= 4 is 30.3 Å². The third-order valence-electron chi connectivity index (χ3n) is 3.59. The number of esters is 2. The van der Waals surface area contributed by atoms with Crippen LogP contribution in [-0.2, 0) is 23.9 Å². The maximum Gasteiger partial charge on any atom is 0.340 e. The first-order valence-electron chi connectivity index (χ1n) is 7.91. The zero-order chi connectivity index (χ0) is 16.4. The molecule has 1 rings (SSSR count). The summed E-state index contributed by atoms with van der Waals surface area (Å²) < 4.78 is 9.61. The molecule has 0 unspecified atom stereocenters. The topological polar surface area (TPSA) is 93.7 Å². The first-order valence-corrected chi connectivity index (χ1v) is 7.91. The van der Waals surface area contributed by atoms with E-state index in [1.807, 2.05) is 0 Å². The van der Waals surface area contributed by atoms with Crippen LogP contribution in [0.1, 0.15) is 39.5 Å². The Bertz CT molecular complexity index is 368. The van der Waals surface area contributed by atoms with E-state index in [-0.39, 0.29) is 31.5 Å². The fourth-order valence-electron chi connectivity index (χ4n) is 2.40. The van der Waals surface area contributed by atoms with Crippen molar-refractivity contribution in [1.82, 2.24) is 10.6 Å². The van der Waals surface area contributed by atoms with E-state index in [9.17, 15) is 14.4 Å². The second-order valence-corrected chi connectivity index (χ2v) is 5.24. The lowest BCUT2D eigenvalue weighted by Crippen LogP contribution is -2.48. The van der Waals surface area contributed by atoms with Gasteiger partial charge in [0, 0.05) is 6.42 Å². The predicted molar refractivity (Wildman–Crippen MR) is 87.3 cm³/mol. The number of nitrogens with one attached hydrogen (secondary N) is 2. The number of ether oxygens (including phenoxy) is 2. The van der Waals surface area contributed by atoms with Gasteiger partial charge < -0.3 is 20.1 Å². The molecule has 2 N–H and O–H groups in total. The number of hydrogen-bond donors (Lipinski definition) is 2. The maximum atomic E-state index is 12.0. The lowest BCUT2D eigenvalue weighted by Gasteiger charge is -2.22. The lowest BCUT2D eigenvalue weighted by molar-refractivity contribution is -0.159. The van der Waals surface area contributed by atoms with Crippen LogP contribution in [-0.4, -0.2) is 50.2 Å². The Balaban J connectivity index is 0.00000484. The molecule has 0 aromatic rings. The van der Waals surface area contributed by atoms with Gasteiger partial charge in [0.2, 0.25) is 11.9 Å². The molecule has 0 spiro atoms. The van der Waals surface area contributed by atoms with Gasteiger partial charge in [-0.2, -0.15) is 0 Å². The number of amides is 1. The molecule has 1 amide bonds. The summed E-state index contributed by atoms with van der Waals surface area (Å²) in [5.74, 6) is -1.38. The van der Waals surface area contributed by atoms with E-state index in [0.29, 0.717) is 12.3 Å². The Kier molecular flexibility index (Phi) is 11.4. The average molecular weight is 351 g/mol. The number of halogens is 1. The second-order valence-electron chi connectivity index (χ2n) is 5.24. The minimum Gasteiger partial charge on any atom is -0.464 e. The minimum absolute atomic E-state index is 0. The Morgan fingerprint density at radius 2 is 1.61 bits per heavy atom. The molecule has 7 nitrogen and oxygen atoms in total. The van der Waals surface area contributed by atoms with E-state index < -0.39 is 18.0 Å². The highest BCUT2D eigenvalue weighted by Crippen LogP contribution is 2.17. The third-order valence-corrected chi connectivity index (χ3v) is 3.59. The van der Waals surface area contributed by atoms with Gasteiger partial charge >= 0.3 is 11.9 Å². The van der Waals surface area contributed by atoms with Crippen molar-refractivity contribution in [1.29, 1.82) is 0 Å². The van der Waals surface area contributed by atoms with Gasteiger partial charge in [0.05, 0.1) is 13.2 Å². The number of piperidine rings is 1. The summed E-state index contributed by atoms with van der Waals surface area (Å²) in [5, 5.41) is 5.69. The van der Waals surface area contributed by atoms with Crippen LogP contribution >= 0.6 is 12.4 Å². The summed E-state index contributed by atoms with van der Waals surface area (Å²) in [7, 11) is 0. The molecule has 8 heteroatoms. The highest BCUT2D eigenvalue weighted by Gasteiger charge is 2.31. The molecule has 0 radical (unpaired) electrons. The first-order chi connectivity index (χ1) is 10.6. The molecule has 23 heavy (non-hydrogen) atoms. The van der Waals surface area contributed by atoms with E-state index >= 15 is 0 Å². The SMILES string of the molecule is CCOC(=O)C(NC(=O)CCC1CCNCC1)C(=O)OCC.Cl. The van der Waals surface area contributed by atoms with Crippen LogP contribution in [0.3, 0.4) is 0 Å². The van der Waals surface area contributed by atoms with Crippen molar-refractivity contribution in [3.8, 4) is 0 Å². The maximum absolute atomic E-state index is 12.0. The molecule has 1 aliphatic heterocycles. The number of hydrogen-bond acceptors (Lipinski definition) is 6. The summed E-state index contributed by atoms with van der Waals surface area (Å²) in [6, 6.07) is -1.37. The smallest absolute Gasteiger partial charge is 0.340 e. The standard InChI is InChI=1S/C15H26N2O5.ClH/c1-3-21-14(19)13(15(20)22-4-2)17-12(18)6-5-11-7-9-16-10-8-11;/h11,13,16H,3-10H2,1-2H3,(H,17,18);1H. The fourth-order valence-corrected chi connectivity index (χ4v) is 2.40. The summed E-state index contributed by atoms with van der Waals surface area (Å²) in [6.07, 6.45) is 3.14. The van der Waals surface area contributed by atoms with Crippen LogP contribution in [0.25, 0.3) is 0 Å². The van der Waals surface area contributed by atoms with Gasteiger partial charge in [-0.15, -0.1) is 12.4 Å². The largest absolute Gasteiger partial charge is 0.464 e. The molecule has 0 bridgehead atoms. The monoisotopic (exact) mass is 350 g/mol. The highest BCUT2D eigenvalue weighted by atomic mass is 35.5. The predicted octanol–water partition coefficient (Wildman–Crippen LogP) is 0.799. The molecule has 1 heterocycles. The lowest BCUT2D eigenvalue weighted by atomic mass is 9.93. The van der Waals surface area contributed by atoms with Crippen LogP contribution in [0.2, 0.25) is 0 Å². The van der Waals surface area contributed by atoms with Crippen molar-refractivity contribution in [3.05, 3.63) is 0 Å². The molecule has 0 aromatic carbocycles. The normalized spacial score (nSPS) is 14.7. The van der Waals surface area contributed by atoms with Gasteiger partial charge in [0.25, 0.3) is 0 Å². The number of carbonyl (C=O) groups is 3. The van der Waals surface area contributed by atoms with Gasteiger partial charge in [-0.1, -0.05) is 0 Å². The second kappa shape index (κ2) is 12.1. The van der Waals surface area contributed by atoms with Crippen molar-refractivity contribution in [3.63, 3.8) is 0 Å². The van der Waals surface area contributed by atoms with Crippen molar-refractivity contribution in [2.75, 3.05) is 26.3 Å². The van der Waals surface area contributed by atoms with Crippen LogP contribution in [0.4, 0.5) is 0 Å². The Hall–Kier alpha value is -1.34. The molecule has 1 saturated heterocycles. The van der Waals surface area contributed by atoms with Crippen LogP contribution in [0.15, 0.2) is 0 Å². The van der Waals surface area contributed by atoms with Crippen LogP contribution in [0, 0.1) is 5.92 Å². The Morgan fingerprint density at radius 1 is 1.09 bits per heavy atom. The van der Waals surface area contributed by atoms with Crippen molar-refractivity contribution in [2.45, 2.75) is 45.6 Å². The van der Waals surface area contributed by atoms with Gasteiger partial charge in [-0.25, -0.2) is 9.59 Å². The summed E-state index contributed by atoms with van der Waals surface area (Å²) in [6.45, 7) is 5.50. The van der Waals surface area contributed by atoms with Crippen molar-refractivity contribution < 1.29 is 23.9 Å². The summed E-state index contributed by atoms with van der Waals surface area (Å²) in [5.41, 5.74) is 0. The van der Waals surface area contributed by atoms with E-state index in [2.05, 4.69) is 10.6 Å². The van der Waals surface area contributed by atoms with Crippen LogP contribution in [0.5, 0.6) is 0 Å². The zero-order valence-corrected chi connectivity index (χ0v) is 14.6. The average Bonchev–Trinajstić information content (AvgIpc) is 2.52. The van der Waals surface area contributed by atoms with Gasteiger partial charge in [-0.05, 0) is 52.1 Å². The van der Waals surface area contributed by atoms with E-state index in [0.717, 1.165) is 32.4 Å².